The number of nitrogens with zero attached hydrogens (tertiary/aromatic N) is 3. The highest BCUT2D eigenvalue weighted by molar-refractivity contribution is 5.81. The number of fused-ring (bicyclic) bond motifs is 1. The summed E-state index contributed by atoms with van der Waals surface area (Å²) in [5.74, 6) is -0.580. The van der Waals surface area contributed by atoms with E-state index in [0.29, 0.717) is 6.61 Å². The molecule has 0 bridgehead atoms. The molecule has 2 aromatic carbocycles. The van der Waals surface area contributed by atoms with Gasteiger partial charge in [0.2, 0.25) is 0 Å². The minimum absolute atomic E-state index is 0.101. The van der Waals surface area contributed by atoms with Gasteiger partial charge in [-0.15, -0.1) is 5.10 Å². The molecule has 0 spiro atoms. The molecule has 2 atom stereocenters. The molecule has 0 aliphatic rings. The molecule has 5 heteroatoms. The van der Waals surface area contributed by atoms with Crippen LogP contribution in [0.15, 0.2) is 30.3 Å². The van der Waals surface area contributed by atoms with E-state index in [4.69, 9.17) is 4.74 Å². The minimum atomic E-state index is -0.306. The Hall–Kier alpha value is -2.69. The molecule has 154 valence electrons. The second-order valence-corrected chi connectivity index (χ2v) is 7.61. The fourth-order valence-electron chi connectivity index (χ4n) is 4.17. The molecule has 3 rings (SSSR count). The van der Waals surface area contributed by atoms with Crippen LogP contribution in [-0.2, 0) is 22.5 Å². The SMILES string of the molecule is CCOC(=O)C(C)[C@H](c1ccc(C)c(CC)c1)c1ccc2c(nnn2CC)c1C. The van der Waals surface area contributed by atoms with Crippen LogP contribution in [0.1, 0.15) is 61.4 Å². The first-order chi connectivity index (χ1) is 13.9. The van der Waals surface area contributed by atoms with Gasteiger partial charge in [-0.05, 0) is 68.0 Å². The van der Waals surface area contributed by atoms with E-state index >= 15 is 0 Å². The van der Waals surface area contributed by atoms with Gasteiger partial charge in [0.15, 0.2) is 0 Å². The Kier molecular flexibility index (Phi) is 6.36. The Bertz CT molecular complexity index is 1020. The Balaban J connectivity index is 2.19. The number of hydrogen-bond acceptors (Lipinski definition) is 4. The summed E-state index contributed by atoms with van der Waals surface area (Å²) in [7, 11) is 0. The van der Waals surface area contributed by atoms with E-state index < -0.39 is 0 Å². The topological polar surface area (TPSA) is 57.0 Å². The normalized spacial score (nSPS) is 13.4. The van der Waals surface area contributed by atoms with Crippen molar-refractivity contribution in [3.8, 4) is 0 Å². The third-order valence-electron chi connectivity index (χ3n) is 5.89. The lowest BCUT2D eigenvalue weighted by molar-refractivity contribution is -0.147. The fraction of sp³-hybridized carbons (Fsp3) is 0.458. The number of carbonyl (C=O) groups excluding carboxylic acids is 1. The van der Waals surface area contributed by atoms with Crippen LogP contribution in [-0.4, -0.2) is 27.6 Å². The largest absolute Gasteiger partial charge is 0.466 e. The van der Waals surface area contributed by atoms with Gasteiger partial charge in [0, 0.05) is 12.5 Å². The van der Waals surface area contributed by atoms with Crippen LogP contribution in [0.5, 0.6) is 0 Å². The highest BCUT2D eigenvalue weighted by Gasteiger charge is 2.30. The molecule has 0 radical (unpaired) electrons. The first-order valence-corrected chi connectivity index (χ1v) is 10.5. The molecule has 0 aliphatic carbocycles. The van der Waals surface area contributed by atoms with Crippen LogP contribution in [0.4, 0.5) is 0 Å². The van der Waals surface area contributed by atoms with E-state index in [1.54, 1.807) is 0 Å². The summed E-state index contributed by atoms with van der Waals surface area (Å²) in [6.45, 7) is 13.4. The average Bonchev–Trinajstić information content (AvgIpc) is 3.15. The number of aryl methyl sites for hydroxylation is 4. The maximum absolute atomic E-state index is 12.7. The molecule has 29 heavy (non-hydrogen) atoms. The minimum Gasteiger partial charge on any atom is -0.466 e. The Morgan fingerprint density at radius 2 is 1.90 bits per heavy atom. The molecule has 3 aromatic rings. The predicted molar refractivity (Wildman–Crippen MR) is 116 cm³/mol. The van der Waals surface area contributed by atoms with Crippen molar-refractivity contribution >= 4 is 17.0 Å². The van der Waals surface area contributed by atoms with Crippen LogP contribution in [0, 0.1) is 19.8 Å². The molecule has 1 unspecified atom stereocenters. The van der Waals surface area contributed by atoms with Crippen LogP contribution in [0.2, 0.25) is 0 Å². The predicted octanol–water partition coefficient (Wildman–Crippen LogP) is 4.96. The zero-order chi connectivity index (χ0) is 21.1. The van der Waals surface area contributed by atoms with E-state index in [0.717, 1.165) is 40.7 Å². The molecule has 0 aliphatic heterocycles. The lowest BCUT2D eigenvalue weighted by Gasteiger charge is -2.26. The van der Waals surface area contributed by atoms with Crippen LogP contribution >= 0.6 is 0 Å². The summed E-state index contributed by atoms with van der Waals surface area (Å²) >= 11 is 0. The molecule has 0 amide bonds. The van der Waals surface area contributed by atoms with Gasteiger partial charge in [-0.3, -0.25) is 4.79 Å². The van der Waals surface area contributed by atoms with Crippen molar-refractivity contribution < 1.29 is 9.53 Å². The van der Waals surface area contributed by atoms with Crippen molar-refractivity contribution in [2.45, 2.75) is 60.4 Å². The van der Waals surface area contributed by atoms with Crippen molar-refractivity contribution in [2.24, 2.45) is 5.92 Å². The maximum atomic E-state index is 12.7. The zero-order valence-corrected chi connectivity index (χ0v) is 18.3. The monoisotopic (exact) mass is 393 g/mol. The van der Waals surface area contributed by atoms with E-state index in [1.165, 1.54) is 11.1 Å². The molecule has 0 saturated heterocycles. The summed E-state index contributed by atoms with van der Waals surface area (Å²) in [4.78, 5) is 12.7. The Morgan fingerprint density at radius 1 is 1.14 bits per heavy atom. The summed E-state index contributed by atoms with van der Waals surface area (Å²) < 4.78 is 7.29. The van der Waals surface area contributed by atoms with Gasteiger partial charge < -0.3 is 4.74 Å². The fourth-order valence-corrected chi connectivity index (χ4v) is 4.17. The first-order valence-electron chi connectivity index (χ1n) is 10.5. The maximum Gasteiger partial charge on any atom is 0.309 e. The Morgan fingerprint density at radius 3 is 2.55 bits per heavy atom. The molecule has 5 nitrogen and oxygen atoms in total. The van der Waals surface area contributed by atoms with Crippen molar-refractivity contribution in [3.63, 3.8) is 0 Å². The highest BCUT2D eigenvalue weighted by Crippen LogP contribution is 2.37. The first kappa shape index (κ1) is 21.0. The smallest absolute Gasteiger partial charge is 0.309 e. The number of aromatic nitrogens is 3. The molecular formula is C24H31N3O2. The number of ether oxygens (including phenoxy) is 1. The third-order valence-corrected chi connectivity index (χ3v) is 5.89. The average molecular weight is 394 g/mol. The number of benzene rings is 2. The van der Waals surface area contributed by atoms with Crippen molar-refractivity contribution in [3.05, 3.63) is 58.1 Å². The van der Waals surface area contributed by atoms with Gasteiger partial charge in [0.1, 0.15) is 5.52 Å². The van der Waals surface area contributed by atoms with Crippen LogP contribution in [0.25, 0.3) is 11.0 Å². The summed E-state index contributed by atoms with van der Waals surface area (Å²) in [6.07, 6.45) is 0.961. The number of hydrogen-bond donors (Lipinski definition) is 0. The Labute approximate surface area is 173 Å². The number of rotatable bonds is 7. The second-order valence-electron chi connectivity index (χ2n) is 7.61. The highest BCUT2D eigenvalue weighted by atomic mass is 16.5. The van der Waals surface area contributed by atoms with E-state index in [-0.39, 0.29) is 17.8 Å². The van der Waals surface area contributed by atoms with Crippen LogP contribution < -0.4 is 0 Å². The van der Waals surface area contributed by atoms with E-state index in [2.05, 4.69) is 68.3 Å². The molecule has 0 N–H and O–H groups in total. The summed E-state index contributed by atoms with van der Waals surface area (Å²) in [5.41, 5.74) is 7.81. The lowest BCUT2D eigenvalue weighted by atomic mass is 9.78. The summed E-state index contributed by atoms with van der Waals surface area (Å²) in [6, 6.07) is 10.7. The molecule has 1 heterocycles. The molecular weight excluding hydrogens is 362 g/mol. The second kappa shape index (κ2) is 8.76. The van der Waals surface area contributed by atoms with Gasteiger partial charge in [0.05, 0.1) is 18.0 Å². The van der Waals surface area contributed by atoms with Crippen molar-refractivity contribution in [2.75, 3.05) is 6.61 Å². The van der Waals surface area contributed by atoms with Gasteiger partial charge in [-0.1, -0.05) is 43.3 Å². The van der Waals surface area contributed by atoms with E-state index in [9.17, 15) is 4.79 Å². The van der Waals surface area contributed by atoms with Gasteiger partial charge in [0.25, 0.3) is 0 Å². The van der Waals surface area contributed by atoms with E-state index in [1.807, 2.05) is 18.5 Å². The quantitative estimate of drug-likeness (QED) is 0.532. The molecule has 0 fully saturated rings. The van der Waals surface area contributed by atoms with Crippen molar-refractivity contribution in [1.29, 1.82) is 0 Å². The van der Waals surface area contributed by atoms with Gasteiger partial charge in [-0.2, -0.15) is 0 Å². The van der Waals surface area contributed by atoms with Gasteiger partial charge in [-0.25, -0.2) is 4.68 Å². The third kappa shape index (κ3) is 3.91. The molecule has 0 saturated carbocycles. The number of carbonyl (C=O) groups is 1. The van der Waals surface area contributed by atoms with Gasteiger partial charge >= 0.3 is 5.97 Å². The number of esters is 1. The van der Waals surface area contributed by atoms with Crippen LogP contribution in [0.3, 0.4) is 0 Å². The molecule has 1 aromatic heterocycles. The zero-order valence-electron chi connectivity index (χ0n) is 18.3. The standard InChI is InChI=1S/C24H31N3O2/c1-7-18-14-19(11-10-15(18)4)22(17(6)24(28)29-9-3)20-12-13-21-23(16(20)5)25-26-27(21)8-2/h10-14,17,22H,7-9H2,1-6H3/t17?,22-/m1/s1. The van der Waals surface area contributed by atoms with Crippen molar-refractivity contribution in [1.82, 2.24) is 15.0 Å². The lowest BCUT2D eigenvalue weighted by Crippen LogP contribution is -2.23. The summed E-state index contributed by atoms with van der Waals surface area (Å²) in [5, 5.41) is 8.68.